The maximum absolute atomic E-state index is 12.2. The van der Waals surface area contributed by atoms with Gasteiger partial charge >= 0.3 is 18.2 Å². The van der Waals surface area contributed by atoms with Crippen LogP contribution in [0.2, 0.25) is 0 Å². The first kappa shape index (κ1) is 20.1. The van der Waals surface area contributed by atoms with Crippen molar-refractivity contribution < 1.29 is 29.0 Å². The standard InChI is InChI=1S/C16H28N2O6/c1-15(2,3)23-13(21)17-8-10-7-11(12(19)20)18(9-10)14(22)24-16(4,5)6/h10-11H,7-9H2,1-6H3,(H,17,21)(H,19,20)/t10?,11-/m1/s1. The number of carbonyl (C=O) groups is 3. The molecule has 1 unspecified atom stereocenters. The van der Waals surface area contributed by atoms with Gasteiger partial charge in [0.25, 0.3) is 0 Å². The van der Waals surface area contributed by atoms with Crippen molar-refractivity contribution in [3.63, 3.8) is 0 Å². The van der Waals surface area contributed by atoms with E-state index in [4.69, 9.17) is 9.47 Å². The van der Waals surface area contributed by atoms with E-state index in [1.807, 2.05) is 0 Å². The average molecular weight is 344 g/mol. The van der Waals surface area contributed by atoms with Crippen LogP contribution in [0.1, 0.15) is 48.0 Å². The van der Waals surface area contributed by atoms with Crippen molar-refractivity contribution in [2.24, 2.45) is 5.92 Å². The zero-order valence-corrected chi connectivity index (χ0v) is 15.2. The summed E-state index contributed by atoms with van der Waals surface area (Å²) in [5.74, 6) is -1.26. The van der Waals surface area contributed by atoms with Crippen molar-refractivity contribution in [2.75, 3.05) is 13.1 Å². The Morgan fingerprint density at radius 2 is 1.62 bits per heavy atom. The van der Waals surface area contributed by atoms with Gasteiger partial charge in [-0.25, -0.2) is 14.4 Å². The van der Waals surface area contributed by atoms with E-state index < -0.39 is 35.4 Å². The van der Waals surface area contributed by atoms with E-state index >= 15 is 0 Å². The number of hydrogen-bond donors (Lipinski definition) is 2. The van der Waals surface area contributed by atoms with Crippen molar-refractivity contribution in [3.05, 3.63) is 0 Å². The lowest BCUT2D eigenvalue weighted by Gasteiger charge is -2.26. The molecule has 8 heteroatoms. The van der Waals surface area contributed by atoms with E-state index in [0.717, 1.165) is 0 Å². The molecule has 24 heavy (non-hydrogen) atoms. The molecule has 1 rings (SSSR count). The summed E-state index contributed by atoms with van der Waals surface area (Å²) in [6.07, 6.45) is -0.968. The molecule has 138 valence electrons. The van der Waals surface area contributed by atoms with Crippen LogP contribution in [-0.4, -0.2) is 58.5 Å². The van der Waals surface area contributed by atoms with E-state index in [0.29, 0.717) is 0 Å². The third kappa shape index (κ3) is 6.64. The fourth-order valence-electron chi connectivity index (χ4n) is 2.37. The summed E-state index contributed by atoms with van der Waals surface area (Å²) >= 11 is 0. The highest BCUT2D eigenvalue weighted by Gasteiger charge is 2.41. The molecule has 0 aromatic rings. The van der Waals surface area contributed by atoms with Crippen molar-refractivity contribution in [1.82, 2.24) is 10.2 Å². The van der Waals surface area contributed by atoms with E-state index in [9.17, 15) is 19.5 Å². The van der Waals surface area contributed by atoms with Crippen molar-refractivity contribution in [3.8, 4) is 0 Å². The van der Waals surface area contributed by atoms with Gasteiger partial charge in [0.2, 0.25) is 0 Å². The number of hydrogen-bond acceptors (Lipinski definition) is 5. The molecule has 0 aliphatic carbocycles. The van der Waals surface area contributed by atoms with Gasteiger partial charge in [0.15, 0.2) is 0 Å². The highest BCUT2D eigenvalue weighted by Crippen LogP contribution is 2.25. The van der Waals surface area contributed by atoms with Crippen molar-refractivity contribution >= 4 is 18.2 Å². The Bertz CT molecular complexity index is 492. The maximum atomic E-state index is 12.2. The number of nitrogens with one attached hydrogen (secondary N) is 1. The lowest BCUT2D eigenvalue weighted by Crippen LogP contribution is -2.43. The SMILES string of the molecule is CC(C)(C)OC(=O)NCC1C[C@H](C(=O)O)N(C(=O)OC(C)(C)C)C1. The molecule has 2 atom stereocenters. The molecule has 0 aromatic carbocycles. The predicted molar refractivity (Wildman–Crippen MR) is 86.7 cm³/mol. The monoisotopic (exact) mass is 344 g/mol. The minimum atomic E-state index is -1.08. The van der Waals surface area contributed by atoms with Gasteiger partial charge in [0, 0.05) is 13.1 Å². The quantitative estimate of drug-likeness (QED) is 0.813. The zero-order valence-electron chi connectivity index (χ0n) is 15.2. The Labute approximate surface area is 142 Å². The Morgan fingerprint density at radius 3 is 2.08 bits per heavy atom. The summed E-state index contributed by atoms with van der Waals surface area (Å²) in [5.41, 5.74) is -1.31. The van der Waals surface area contributed by atoms with Crippen LogP contribution >= 0.6 is 0 Å². The number of ether oxygens (including phenoxy) is 2. The minimum Gasteiger partial charge on any atom is -0.480 e. The summed E-state index contributed by atoms with van der Waals surface area (Å²) < 4.78 is 10.4. The second-order valence-electron chi connectivity index (χ2n) is 7.97. The van der Waals surface area contributed by atoms with Crippen LogP contribution in [0.15, 0.2) is 0 Å². The van der Waals surface area contributed by atoms with E-state index in [-0.39, 0.29) is 25.4 Å². The van der Waals surface area contributed by atoms with Gasteiger partial charge in [-0.2, -0.15) is 0 Å². The van der Waals surface area contributed by atoms with Crippen LogP contribution < -0.4 is 5.32 Å². The second kappa shape index (κ2) is 7.27. The number of alkyl carbamates (subject to hydrolysis) is 1. The summed E-state index contributed by atoms with van der Waals surface area (Å²) in [6.45, 7) is 10.9. The Hall–Kier alpha value is -1.99. The molecule has 0 saturated carbocycles. The third-order valence-electron chi connectivity index (χ3n) is 3.23. The molecule has 1 saturated heterocycles. The maximum Gasteiger partial charge on any atom is 0.411 e. The van der Waals surface area contributed by atoms with Crippen LogP contribution in [0.4, 0.5) is 9.59 Å². The molecular formula is C16H28N2O6. The molecule has 0 aromatic heterocycles. The molecule has 0 bridgehead atoms. The topological polar surface area (TPSA) is 105 Å². The van der Waals surface area contributed by atoms with Gasteiger partial charge in [0.05, 0.1) is 0 Å². The first-order valence-corrected chi connectivity index (χ1v) is 7.98. The normalized spacial score (nSPS) is 21.3. The zero-order chi connectivity index (χ0) is 18.7. The summed E-state index contributed by atoms with van der Waals surface area (Å²) in [4.78, 5) is 36.4. The number of carboxylic acids is 1. The van der Waals surface area contributed by atoms with Gasteiger partial charge in [-0.3, -0.25) is 4.90 Å². The Balaban J connectivity index is 2.63. The largest absolute Gasteiger partial charge is 0.480 e. The minimum absolute atomic E-state index is 0.175. The van der Waals surface area contributed by atoms with Crippen LogP contribution in [0.5, 0.6) is 0 Å². The number of carbonyl (C=O) groups excluding carboxylic acids is 2. The van der Waals surface area contributed by atoms with Crippen LogP contribution in [0.25, 0.3) is 0 Å². The fourth-order valence-corrected chi connectivity index (χ4v) is 2.37. The van der Waals surface area contributed by atoms with Crippen molar-refractivity contribution in [2.45, 2.75) is 65.2 Å². The first-order chi connectivity index (χ1) is 10.8. The number of likely N-dealkylation sites (tertiary alicyclic amines) is 1. The van der Waals surface area contributed by atoms with Crippen LogP contribution in [-0.2, 0) is 14.3 Å². The summed E-state index contributed by atoms with van der Waals surface area (Å²) in [7, 11) is 0. The Morgan fingerprint density at radius 1 is 1.08 bits per heavy atom. The van der Waals surface area contributed by atoms with E-state index in [2.05, 4.69) is 5.32 Å². The molecule has 1 aliphatic rings. The van der Waals surface area contributed by atoms with Gasteiger partial charge < -0.3 is 19.9 Å². The van der Waals surface area contributed by atoms with E-state index in [1.54, 1.807) is 41.5 Å². The van der Waals surface area contributed by atoms with Crippen LogP contribution in [0.3, 0.4) is 0 Å². The number of carboxylic acid groups (broad SMARTS) is 1. The fraction of sp³-hybridized carbons (Fsp3) is 0.812. The Kier molecular flexibility index (Phi) is 6.08. The second-order valence-corrected chi connectivity index (χ2v) is 7.97. The summed E-state index contributed by atoms with van der Waals surface area (Å²) in [5, 5.41) is 11.9. The molecule has 0 radical (unpaired) electrons. The first-order valence-electron chi connectivity index (χ1n) is 7.98. The lowest BCUT2D eigenvalue weighted by atomic mass is 10.1. The number of rotatable bonds is 3. The predicted octanol–water partition coefficient (Wildman–Crippen LogP) is 2.22. The van der Waals surface area contributed by atoms with Gasteiger partial charge in [-0.05, 0) is 53.9 Å². The molecule has 2 amide bonds. The number of amides is 2. The summed E-state index contributed by atoms with van der Waals surface area (Å²) in [6, 6.07) is -0.953. The molecule has 1 heterocycles. The van der Waals surface area contributed by atoms with Crippen LogP contribution in [0, 0.1) is 5.92 Å². The van der Waals surface area contributed by atoms with Gasteiger partial charge in [-0.1, -0.05) is 0 Å². The average Bonchev–Trinajstić information content (AvgIpc) is 2.76. The lowest BCUT2D eigenvalue weighted by molar-refractivity contribution is -0.142. The van der Waals surface area contributed by atoms with Gasteiger partial charge in [-0.15, -0.1) is 0 Å². The molecule has 1 aliphatic heterocycles. The molecule has 0 spiro atoms. The molecule has 8 nitrogen and oxygen atoms in total. The molecule has 1 fully saturated rings. The smallest absolute Gasteiger partial charge is 0.411 e. The van der Waals surface area contributed by atoms with Crippen molar-refractivity contribution in [1.29, 1.82) is 0 Å². The third-order valence-corrected chi connectivity index (χ3v) is 3.23. The highest BCUT2D eigenvalue weighted by molar-refractivity contribution is 5.81. The number of nitrogens with zero attached hydrogens (tertiary/aromatic N) is 1. The number of aliphatic carboxylic acids is 1. The molecular weight excluding hydrogens is 316 g/mol. The highest BCUT2D eigenvalue weighted by atomic mass is 16.6. The van der Waals surface area contributed by atoms with E-state index in [1.165, 1.54) is 4.90 Å². The van der Waals surface area contributed by atoms with Gasteiger partial charge in [0.1, 0.15) is 17.2 Å². The molecule has 2 N–H and O–H groups in total.